The Morgan fingerprint density at radius 1 is 1.00 bits per heavy atom. The molecule has 0 aliphatic carbocycles. The van der Waals surface area contributed by atoms with E-state index in [0.29, 0.717) is 12.1 Å². The van der Waals surface area contributed by atoms with E-state index in [2.05, 4.69) is 4.98 Å². The molecule has 0 unspecified atom stereocenters. The lowest BCUT2D eigenvalue weighted by Gasteiger charge is -2.15. The number of rotatable bonds is 2. The van der Waals surface area contributed by atoms with Gasteiger partial charge in [-0.3, -0.25) is 0 Å². The number of hydrogen-bond acceptors (Lipinski definition) is 2. The average Bonchev–Trinajstić information content (AvgIpc) is 2.47. The molecule has 0 saturated heterocycles. The Hall–Kier alpha value is -1.83. The van der Waals surface area contributed by atoms with Gasteiger partial charge < -0.3 is 5.11 Å². The highest BCUT2D eigenvalue weighted by atomic mass is 19.4. The van der Waals surface area contributed by atoms with Gasteiger partial charge in [-0.15, -0.1) is 0 Å². The fourth-order valence-corrected chi connectivity index (χ4v) is 2.02. The number of benzene rings is 1. The van der Waals surface area contributed by atoms with Gasteiger partial charge in [0.1, 0.15) is 5.69 Å². The van der Waals surface area contributed by atoms with Gasteiger partial charge >= 0.3 is 12.4 Å². The molecule has 0 radical (unpaired) electrons. The van der Waals surface area contributed by atoms with Crippen LogP contribution in [0.5, 0.6) is 0 Å². The largest absolute Gasteiger partial charge is 0.433 e. The van der Waals surface area contributed by atoms with Crippen molar-refractivity contribution >= 4 is 10.9 Å². The lowest BCUT2D eigenvalue weighted by Crippen LogP contribution is -2.13. The Balaban J connectivity index is 0.00000127. The Morgan fingerprint density at radius 2 is 1.61 bits per heavy atom. The van der Waals surface area contributed by atoms with Gasteiger partial charge in [-0.25, -0.2) is 4.98 Å². The van der Waals surface area contributed by atoms with E-state index < -0.39 is 35.7 Å². The lowest BCUT2D eigenvalue weighted by molar-refractivity contribution is -0.142. The van der Waals surface area contributed by atoms with E-state index >= 15 is 0 Å². The Bertz CT molecular complexity index is 663. The molecule has 1 aromatic carbocycles. The predicted molar refractivity (Wildman–Crippen MR) is 73.9 cm³/mol. The second-order valence-corrected chi connectivity index (χ2v) is 4.34. The van der Waals surface area contributed by atoms with Gasteiger partial charge in [-0.1, -0.05) is 26.0 Å². The minimum atomic E-state index is -4.86. The van der Waals surface area contributed by atoms with Crippen LogP contribution in [-0.4, -0.2) is 16.7 Å². The molecule has 2 rings (SSSR count). The van der Waals surface area contributed by atoms with Crippen molar-refractivity contribution in [3.05, 3.63) is 41.1 Å². The van der Waals surface area contributed by atoms with Gasteiger partial charge in [0.25, 0.3) is 0 Å². The number of pyridine rings is 1. The summed E-state index contributed by atoms with van der Waals surface area (Å²) in [4.78, 5) is 3.13. The molecule has 0 aliphatic heterocycles. The van der Waals surface area contributed by atoms with Crippen LogP contribution in [0.15, 0.2) is 24.3 Å². The summed E-state index contributed by atoms with van der Waals surface area (Å²) in [5.74, 6) is 0. The van der Waals surface area contributed by atoms with Crippen molar-refractivity contribution in [2.24, 2.45) is 0 Å². The zero-order chi connectivity index (χ0) is 17.8. The normalized spacial score (nSPS) is 12.0. The molecular weight excluding hydrogens is 324 g/mol. The molecule has 0 spiro atoms. The van der Waals surface area contributed by atoms with Crippen LogP contribution in [0.4, 0.5) is 26.3 Å². The number of aliphatic hydroxyl groups excluding tert-OH is 1. The zero-order valence-corrected chi connectivity index (χ0v) is 12.4. The molecule has 0 bridgehead atoms. The summed E-state index contributed by atoms with van der Waals surface area (Å²) < 4.78 is 77.0. The molecule has 0 amide bonds. The standard InChI is InChI=1S/C13H9F6NO.C2H6/c14-12(15,16)9-3-1-2-8-7(4-5-21)6-10(13(17,18)19)20-11(8)9;1-2/h1-3,6,21H,4-5H2;1-2H3. The number of aliphatic hydroxyl groups is 1. The maximum Gasteiger partial charge on any atom is 0.433 e. The van der Waals surface area contributed by atoms with Crippen molar-refractivity contribution in [3.63, 3.8) is 0 Å². The van der Waals surface area contributed by atoms with Crippen molar-refractivity contribution in [2.45, 2.75) is 32.6 Å². The average molecular weight is 339 g/mol. The second-order valence-electron chi connectivity index (χ2n) is 4.34. The molecule has 1 N–H and O–H groups in total. The molecule has 128 valence electrons. The first-order chi connectivity index (χ1) is 10.6. The van der Waals surface area contributed by atoms with Crippen molar-refractivity contribution in [2.75, 3.05) is 6.61 Å². The van der Waals surface area contributed by atoms with Crippen LogP contribution in [0.25, 0.3) is 10.9 Å². The SMILES string of the molecule is CC.OCCc1cc(C(F)(F)F)nc2c(C(F)(F)F)cccc12. The van der Waals surface area contributed by atoms with Crippen LogP contribution >= 0.6 is 0 Å². The number of nitrogens with zero attached hydrogens (tertiary/aromatic N) is 1. The first kappa shape index (κ1) is 19.2. The van der Waals surface area contributed by atoms with Crippen LogP contribution in [0.2, 0.25) is 0 Å². The van der Waals surface area contributed by atoms with E-state index in [1.165, 1.54) is 6.07 Å². The summed E-state index contributed by atoms with van der Waals surface area (Å²) in [6.07, 6.45) is -9.87. The third-order valence-electron chi connectivity index (χ3n) is 2.90. The van der Waals surface area contributed by atoms with Crippen LogP contribution in [-0.2, 0) is 18.8 Å². The molecule has 0 fully saturated rings. The Kier molecular flexibility index (Phi) is 5.98. The first-order valence-electron chi connectivity index (χ1n) is 6.82. The van der Waals surface area contributed by atoms with Crippen LogP contribution in [0.1, 0.15) is 30.7 Å². The summed E-state index contributed by atoms with van der Waals surface area (Å²) in [6.45, 7) is 3.52. The van der Waals surface area contributed by atoms with E-state index in [1.807, 2.05) is 13.8 Å². The maximum atomic E-state index is 12.9. The molecule has 0 aliphatic rings. The number of halogens is 6. The molecule has 2 nitrogen and oxygen atoms in total. The number of alkyl halides is 6. The molecule has 0 saturated carbocycles. The molecular formula is C15H15F6NO. The monoisotopic (exact) mass is 339 g/mol. The Labute approximate surface area is 128 Å². The summed E-state index contributed by atoms with van der Waals surface area (Å²) in [7, 11) is 0. The quantitative estimate of drug-likeness (QED) is 0.795. The van der Waals surface area contributed by atoms with Gasteiger partial charge in [0.2, 0.25) is 0 Å². The second kappa shape index (κ2) is 7.16. The van der Waals surface area contributed by atoms with E-state index in [-0.39, 0.29) is 17.4 Å². The molecule has 23 heavy (non-hydrogen) atoms. The van der Waals surface area contributed by atoms with Crippen molar-refractivity contribution in [1.82, 2.24) is 4.98 Å². The molecule has 2 aromatic rings. The van der Waals surface area contributed by atoms with Crippen molar-refractivity contribution < 1.29 is 31.4 Å². The van der Waals surface area contributed by atoms with Gasteiger partial charge in [0, 0.05) is 12.0 Å². The summed E-state index contributed by atoms with van der Waals surface area (Å²) in [5.41, 5.74) is -3.43. The third kappa shape index (κ3) is 4.34. The first-order valence-corrected chi connectivity index (χ1v) is 6.82. The summed E-state index contributed by atoms with van der Waals surface area (Å²) in [6, 6.07) is 3.70. The molecule has 8 heteroatoms. The highest BCUT2D eigenvalue weighted by Gasteiger charge is 2.37. The van der Waals surface area contributed by atoms with E-state index in [0.717, 1.165) is 6.07 Å². The lowest BCUT2D eigenvalue weighted by atomic mass is 10.0. The Morgan fingerprint density at radius 3 is 2.09 bits per heavy atom. The third-order valence-corrected chi connectivity index (χ3v) is 2.90. The summed E-state index contributed by atoms with van der Waals surface area (Å²) >= 11 is 0. The number of aromatic nitrogens is 1. The molecule has 0 atom stereocenters. The van der Waals surface area contributed by atoms with Crippen LogP contribution in [0, 0.1) is 0 Å². The van der Waals surface area contributed by atoms with Crippen LogP contribution < -0.4 is 0 Å². The van der Waals surface area contributed by atoms with Crippen LogP contribution in [0.3, 0.4) is 0 Å². The minimum Gasteiger partial charge on any atom is -0.396 e. The van der Waals surface area contributed by atoms with Crippen molar-refractivity contribution in [3.8, 4) is 0 Å². The smallest absolute Gasteiger partial charge is 0.396 e. The number of hydrogen-bond donors (Lipinski definition) is 1. The van der Waals surface area contributed by atoms with Crippen molar-refractivity contribution in [1.29, 1.82) is 0 Å². The number of para-hydroxylation sites is 1. The van der Waals surface area contributed by atoms with E-state index in [1.54, 1.807) is 0 Å². The maximum absolute atomic E-state index is 12.9. The predicted octanol–water partition coefficient (Wildman–Crippen LogP) is 4.83. The highest BCUT2D eigenvalue weighted by molar-refractivity contribution is 5.86. The van der Waals surface area contributed by atoms with Gasteiger partial charge in [0.05, 0.1) is 11.1 Å². The molecule has 1 heterocycles. The minimum absolute atomic E-state index is 0.0269. The van der Waals surface area contributed by atoms with E-state index in [4.69, 9.17) is 5.11 Å². The fourth-order valence-electron chi connectivity index (χ4n) is 2.02. The highest BCUT2D eigenvalue weighted by Crippen LogP contribution is 2.37. The molecule has 1 aromatic heterocycles. The van der Waals surface area contributed by atoms with Gasteiger partial charge in [0.15, 0.2) is 0 Å². The summed E-state index contributed by atoms with van der Waals surface area (Å²) in [5, 5.41) is 8.83. The topological polar surface area (TPSA) is 33.1 Å². The van der Waals surface area contributed by atoms with Gasteiger partial charge in [-0.05, 0) is 24.1 Å². The van der Waals surface area contributed by atoms with Gasteiger partial charge in [-0.2, -0.15) is 26.3 Å². The van der Waals surface area contributed by atoms with E-state index in [9.17, 15) is 26.3 Å². The number of fused-ring (bicyclic) bond motifs is 1. The fraction of sp³-hybridized carbons (Fsp3) is 0.400. The zero-order valence-electron chi connectivity index (χ0n) is 12.4.